The molecule has 0 aliphatic heterocycles. The molecule has 0 N–H and O–H groups in total. The van der Waals surface area contributed by atoms with Gasteiger partial charge in [0.15, 0.2) is 0 Å². The van der Waals surface area contributed by atoms with Gasteiger partial charge in [-0.2, -0.15) is 0 Å². The van der Waals surface area contributed by atoms with E-state index >= 15 is 0 Å². The van der Waals surface area contributed by atoms with Crippen molar-refractivity contribution >= 4 is 48.6 Å². The summed E-state index contributed by atoms with van der Waals surface area (Å²) in [5.74, 6) is 0. The first-order valence-corrected chi connectivity index (χ1v) is 15.7. The van der Waals surface area contributed by atoms with Crippen molar-refractivity contribution in [2.75, 3.05) is 4.90 Å². The fourth-order valence-corrected chi connectivity index (χ4v) is 7.16. The zero-order valence-electron chi connectivity index (χ0n) is 24.1. The Kier molecular flexibility index (Phi) is 6.75. The minimum atomic E-state index is 1.12. The number of nitrogens with zero attached hydrogens (tertiary/aromatic N) is 1. The lowest BCUT2D eigenvalue weighted by molar-refractivity contribution is 1.29. The summed E-state index contributed by atoms with van der Waals surface area (Å²) in [5, 5.41) is 2.59. The molecule has 0 atom stereocenters. The lowest BCUT2D eigenvalue weighted by Crippen LogP contribution is -2.10. The van der Waals surface area contributed by atoms with Crippen molar-refractivity contribution in [2.45, 2.75) is 0 Å². The van der Waals surface area contributed by atoms with Gasteiger partial charge < -0.3 is 4.90 Å². The molecule has 0 spiro atoms. The van der Waals surface area contributed by atoms with Crippen LogP contribution >= 0.6 is 11.3 Å². The molecular formula is C42H29NS. The van der Waals surface area contributed by atoms with Crippen molar-refractivity contribution < 1.29 is 0 Å². The molecule has 0 bridgehead atoms. The molecule has 0 saturated carbocycles. The van der Waals surface area contributed by atoms with Crippen LogP contribution in [0.15, 0.2) is 176 Å². The van der Waals surface area contributed by atoms with E-state index in [0.29, 0.717) is 0 Å². The number of benzene rings is 7. The molecule has 8 rings (SSSR count). The van der Waals surface area contributed by atoms with Gasteiger partial charge in [0.1, 0.15) is 0 Å². The minimum Gasteiger partial charge on any atom is -0.310 e. The van der Waals surface area contributed by atoms with Crippen LogP contribution in [0, 0.1) is 0 Å². The van der Waals surface area contributed by atoms with Crippen LogP contribution < -0.4 is 4.90 Å². The lowest BCUT2D eigenvalue weighted by Gasteiger charge is -2.27. The molecule has 1 nitrogen and oxygen atoms in total. The molecule has 0 unspecified atom stereocenters. The third kappa shape index (κ3) is 4.96. The molecule has 2 heteroatoms. The van der Waals surface area contributed by atoms with Crippen LogP contribution in [-0.2, 0) is 0 Å². The molecule has 0 saturated heterocycles. The van der Waals surface area contributed by atoms with Gasteiger partial charge in [-0.05, 0) is 88.0 Å². The molecule has 8 aromatic rings. The van der Waals surface area contributed by atoms with Gasteiger partial charge >= 0.3 is 0 Å². The van der Waals surface area contributed by atoms with E-state index in [1.54, 1.807) is 0 Å². The fraction of sp³-hybridized carbons (Fsp3) is 0. The number of hydrogen-bond donors (Lipinski definition) is 0. The highest BCUT2D eigenvalue weighted by atomic mass is 32.1. The highest BCUT2D eigenvalue weighted by Gasteiger charge is 2.17. The standard InChI is InChI=1S/C42H29NS/c1-4-12-30(13-5-1)33-20-22-36(23-21-33)43(37-24-25-42-40(29-37)39-18-10-11-19-41(39)44-42)38-27-34(31-14-6-2-7-15-31)26-35(28-38)32-16-8-3-9-17-32/h1-29H. The maximum Gasteiger partial charge on any atom is 0.0473 e. The molecule has 208 valence electrons. The predicted molar refractivity (Wildman–Crippen MR) is 190 cm³/mol. The second-order valence-electron chi connectivity index (χ2n) is 11.0. The van der Waals surface area contributed by atoms with Crippen LogP contribution in [0.5, 0.6) is 0 Å². The maximum absolute atomic E-state index is 2.40. The van der Waals surface area contributed by atoms with E-state index in [1.165, 1.54) is 53.6 Å². The summed E-state index contributed by atoms with van der Waals surface area (Å²) in [6, 6.07) is 63.5. The van der Waals surface area contributed by atoms with Gasteiger partial charge in [0.05, 0.1) is 0 Å². The minimum absolute atomic E-state index is 1.12. The number of anilines is 3. The molecule has 0 fully saturated rings. The van der Waals surface area contributed by atoms with Crippen molar-refractivity contribution in [2.24, 2.45) is 0 Å². The van der Waals surface area contributed by atoms with E-state index in [0.717, 1.165) is 17.1 Å². The van der Waals surface area contributed by atoms with Crippen LogP contribution in [0.3, 0.4) is 0 Å². The highest BCUT2D eigenvalue weighted by molar-refractivity contribution is 7.25. The molecule has 1 aromatic heterocycles. The van der Waals surface area contributed by atoms with Crippen molar-refractivity contribution in [3.8, 4) is 33.4 Å². The number of thiophene rings is 1. The molecule has 7 aromatic carbocycles. The first-order valence-electron chi connectivity index (χ1n) is 14.9. The van der Waals surface area contributed by atoms with Crippen molar-refractivity contribution in [1.29, 1.82) is 0 Å². The highest BCUT2D eigenvalue weighted by Crippen LogP contribution is 2.43. The van der Waals surface area contributed by atoms with E-state index in [1.807, 2.05) is 11.3 Å². The maximum atomic E-state index is 2.40. The monoisotopic (exact) mass is 579 g/mol. The molecule has 0 amide bonds. The molecule has 44 heavy (non-hydrogen) atoms. The lowest BCUT2D eigenvalue weighted by atomic mass is 9.97. The Bertz CT molecular complexity index is 2140. The Morgan fingerprint density at radius 2 is 0.773 bits per heavy atom. The van der Waals surface area contributed by atoms with Crippen LogP contribution in [0.1, 0.15) is 0 Å². The first-order chi connectivity index (χ1) is 21.8. The zero-order chi connectivity index (χ0) is 29.3. The second kappa shape index (κ2) is 11.3. The molecule has 0 aliphatic carbocycles. The summed E-state index contributed by atoms with van der Waals surface area (Å²) >= 11 is 1.85. The Labute approximate surface area is 261 Å². The Balaban J connectivity index is 1.35. The van der Waals surface area contributed by atoms with Gasteiger partial charge in [0, 0.05) is 37.2 Å². The van der Waals surface area contributed by atoms with E-state index in [9.17, 15) is 0 Å². The number of rotatable bonds is 6. The molecular weight excluding hydrogens is 551 g/mol. The average Bonchev–Trinajstić information content (AvgIpc) is 3.48. The van der Waals surface area contributed by atoms with E-state index in [-0.39, 0.29) is 0 Å². The normalized spacial score (nSPS) is 11.2. The summed E-state index contributed by atoms with van der Waals surface area (Å²) in [5.41, 5.74) is 10.6. The van der Waals surface area contributed by atoms with Crippen LogP contribution in [0.2, 0.25) is 0 Å². The number of fused-ring (bicyclic) bond motifs is 3. The zero-order valence-corrected chi connectivity index (χ0v) is 24.9. The summed E-state index contributed by atoms with van der Waals surface area (Å²) in [4.78, 5) is 2.40. The third-order valence-electron chi connectivity index (χ3n) is 8.24. The van der Waals surface area contributed by atoms with Crippen molar-refractivity contribution in [1.82, 2.24) is 0 Å². The van der Waals surface area contributed by atoms with Gasteiger partial charge in [-0.15, -0.1) is 11.3 Å². The topological polar surface area (TPSA) is 3.24 Å². The smallest absolute Gasteiger partial charge is 0.0473 e. The summed E-state index contributed by atoms with van der Waals surface area (Å²) in [6.45, 7) is 0. The second-order valence-corrected chi connectivity index (χ2v) is 12.1. The number of hydrogen-bond acceptors (Lipinski definition) is 2. The molecule has 1 heterocycles. The first kappa shape index (κ1) is 26.2. The van der Waals surface area contributed by atoms with Gasteiger partial charge in [-0.1, -0.05) is 121 Å². The van der Waals surface area contributed by atoms with E-state index in [4.69, 9.17) is 0 Å². The van der Waals surface area contributed by atoms with Gasteiger partial charge in [-0.25, -0.2) is 0 Å². The van der Waals surface area contributed by atoms with Crippen LogP contribution in [0.4, 0.5) is 17.1 Å². The third-order valence-corrected chi connectivity index (χ3v) is 9.39. The predicted octanol–water partition coefficient (Wildman–Crippen LogP) is 12.5. The van der Waals surface area contributed by atoms with E-state index < -0.39 is 0 Å². The van der Waals surface area contributed by atoms with Crippen molar-refractivity contribution in [3.05, 3.63) is 176 Å². The van der Waals surface area contributed by atoms with Crippen LogP contribution in [-0.4, -0.2) is 0 Å². The summed E-state index contributed by atoms with van der Waals surface area (Å²) < 4.78 is 2.62. The largest absolute Gasteiger partial charge is 0.310 e. The van der Waals surface area contributed by atoms with E-state index in [2.05, 4.69) is 181 Å². The Morgan fingerprint density at radius 1 is 0.295 bits per heavy atom. The quantitative estimate of drug-likeness (QED) is 0.189. The SMILES string of the molecule is c1ccc(-c2ccc(N(c3cc(-c4ccccc4)cc(-c4ccccc4)c3)c3ccc4sc5ccccc5c4c3)cc2)cc1. The Hall–Kier alpha value is -5.44. The van der Waals surface area contributed by atoms with Crippen molar-refractivity contribution in [3.63, 3.8) is 0 Å². The summed E-state index contributed by atoms with van der Waals surface area (Å²) in [6.07, 6.45) is 0. The van der Waals surface area contributed by atoms with Gasteiger partial charge in [0.2, 0.25) is 0 Å². The molecule has 0 aliphatic rings. The summed E-state index contributed by atoms with van der Waals surface area (Å²) in [7, 11) is 0. The van der Waals surface area contributed by atoms with Gasteiger partial charge in [-0.3, -0.25) is 0 Å². The molecule has 0 radical (unpaired) electrons. The fourth-order valence-electron chi connectivity index (χ4n) is 6.07. The van der Waals surface area contributed by atoms with Crippen LogP contribution in [0.25, 0.3) is 53.6 Å². The van der Waals surface area contributed by atoms with Gasteiger partial charge in [0.25, 0.3) is 0 Å². The Morgan fingerprint density at radius 3 is 1.39 bits per heavy atom. The average molecular weight is 580 g/mol.